The third-order valence-corrected chi connectivity index (χ3v) is 2.85. The molecule has 0 saturated carbocycles. The highest BCUT2D eigenvalue weighted by Gasteiger charge is 2.12. The molecule has 0 atom stereocenters. The number of ether oxygens (including phenoxy) is 1. The number of hydrogen-bond acceptors (Lipinski definition) is 3. The maximum atomic E-state index is 6.17. The standard InChI is InChI=1S/C13H13ClN2O/c1-8-5-3-4-6-9(8)12-10(14)7-11(15)13(16-12)17-2/h3-7H,15H2,1-2H3. The molecule has 0 aliphatic heterocycles. The number of anilines is 1. The smallest absolute Gasteiger partial charge is 0.237 e. The minimum atomic E-state index is 0.396. The number of methoxy groups -OCH3 is 1. The molecule has 17 heavy (non-hydrogen) atoms. The molecule has 0 bridgehead atoms. The molecule has 3 nitrogen and oxygen atoms in total. The number of nitrogens with two attached hydrogens (primary N) is 1. The third-order valence-electron chi connectivity index (χ3n) is 2.56. The summed E-state index contributed by atoms with van der Waals surface area (Å²) in [6.07, 6.45) is 0. The van der Waals surface area contributed by atoms with Crippen LogP contribution in [0.5, 0.6) is 5.88 Å². The van der Waals surface area contributed by atoms with Crippen LogP contribution in [0.25, 0.3) is 11.3 Å². The summed E-state index contributed by atoms with van der Waals surface area (Å²) in [7, 11) is 1.54. The van der Waals surface area contributed by atoms with E-state index in [1.165, 1.54) is 7.11 Å². The van der Waals surface area contributed by atoms with Gasteiger partial charge in [-0.05, 0) is 18.6 Å². The van der Waals surface area contributed by atoms with Crippen molar-refractivity contribution in [2.24, 2.45) is 0 Å². The molecule has 0 spiro atoms. The van der Waals surface area contributed by atoms with Crippen LogP contribution >= 0.6 is 11.6 Å². The zero-order valence-electron chi connectivity index (χ0n) is 9.70. The predicted molar refractivity (Wildman–Crippen MR) is 70.4 cm³/mol. The molecule has 4 heteroatoms. The average molecular weight is 249 g/mol. The zero-order chi connectivity index (χ0) is 12.4. The summed E-state index contributed by atoms with van der Waals surface area (Å²) in [4.78, 5) is 4.34. The average Bonchev–Trinajstić information content (AvgIpc) is 2.31. The maximum Gasteiger partial charge on any atom is 0.237 e. The molecule has 0 amide bonds. The SMILES string of the molecule is COc1nc(-c2ccccc2C)c(Cl)cc1N. The van der Waals surface area contributed by atoms with E-state index in [0.717, 1.165) is 11.1 Å². The van der Waals surface area contributed by atoms with Crippen LogP contribution in [0.1, 0.15) is 5.56 Å². The molecular weight excluding hydrogens is 236 g/mol. The van der Waals surface area contributed by atoms with Crippen molar-refractivity contribution >= 4 is 17.3 Å². The first kappa shape index (κ1) is 11.7. The van der Waals surface area contributed by atoms with Crippen LogP contribution in [0, 0.1) is 6.92 Å². The zero-order valence-corrected chi connectivity index (χ0v) is 10.5. The molecule has 0 aliphatic rings. The van der Waals surface area contributed by atoms with Gasteiger partial charge in [-0.15, -0.1) is 0 Å². The van der Waals surface area contributed by atoms with Gasteiger partial charge in [-0.1, -0.05) is 35.9 Å². The van der Waals surface area contributed by atoms with Crippen LogP contribution in [-0.2, 0) is 0 Å². The summed E-state index contributed by atoms with van der Waals surface area (Å²) in [5.41, 5.74) is 8.96. The van der Waals surface area contributed by atoms with Gasteiger partial charge in [0.25, 0.3) is 0 Å². The van der Waals surface area contributed by atoms with E-state index in [1.54, 1.807) is 6.07 Å². The summed E-state index contributed by atoms with van der Waals surface area (Å²) >= 11 is 6.17. The lowest BCUT2D eigenvalue weighted by molar-refractivity contribution is 0.401. The topological polar surface area (TPSA) is 48.1 Å². The molecule has 1 aromatic carbocycles. The second-order valence-electron chi connectivity index (χ2n) is 3.73. The monoisotopic (exact) mass is 248 g/mol. The number of aryl methyl sites for hydroxylation is 1. The summed E-state index contributed by atoms with van der Waals surface area (Å²) in [5.74, 6) is 0.396. The van der Waals surface area contributed by atoms with E-state index in [2.05, 4.69) is 4.98 Å². The van der Waals surface area contributed by atoms with E-state index < -0.39 is 0 Å². The second-order valence-corrected chi connectivity index (χ2v) is 4.14. The van der Waals surface area contributed by atoms with Crippen molar-refractivity contribution in [2.75, 3.05) is 12.8 Å². The van der Waals surface area contributed by atoms with Gasteiger partial charge in [-0.25, -0.2) is 4.98 Å². The minimum absolute atomic E-state index is 0.396. The molecule has 2 N–H and O–H groups in total. The minimum Gasteiger partial charge on any atom is -0.480 e. The Bertz CT molecular complexity index is 555. The second kappa shape index (κ2) is 4.63. The summed E-state index contributed by atoms with van der Waals surface area (Å²) in [6, 6.07) is 9.56. The van der Waals surface area contributed by atoms with Crippen molar-refractivity contribution in [2.45, 2.75) is 6.92 Å². The lowest BCUT2D eigenvalue weighted by atomic mass is 10.1. The Morgan fingerprint density at radius 3 is 2.65 bits per heavy atom. The summed E-state index contributed by atoms with van der Waals surface area (Å²) in [5, 5.41) is 0.526. The van der Waals surface area contributed by atoms with Crippen molar-refractivity contribution in [3.8, 4) is 17.1 Å². The molecule has 0 fully saturated rings. The van der Waals surface area contributed by atoms with Crippen LogP contribution < -0.4 is 10.5 Å². The first-order valence-electron chi connectivity index (χ1n) is 5.19. The highest BCUT2D eigenvalue weighted by molar-refractivity contribution is 6.33. The van der Waals surface area contributed by atoms with Gasteiger partial charge in [-0.3, -0.25) is 0 Å². The number of halogens is 1. The Morgan fingerprint density at radius 1 is 1.29 bits per heavy atom. The Labute approximate surface area is 105 Å². The quantitative estimate of drug-likeness (QED) is 0.887. The lowest BCUT2D eigenvalue weighted by Crippen LogP contribution is -1.98. The molecule has 88 valence electrons. The first-order chi connectivity index (χ1) is 8.13. The van der Waals surface area contributed by atoms with E-state index >= 15 is 0 Å². The van der Waals surface area contributed by atoms with E-state index in [1.807, 2.05) is 31.2 Å². The maximum absolute atomic E-state index is 6.17. The molecule has 0 aliphatic carbocycles. The fourth-order valence-corrected chi connectivity index (χ4v) is 1.94. The lowest BCUT2D eigenvalue weighted by Gasteiger charge is -2.10. The van der Waals surface area contributed by atoms with Crippen molar-refractivity contribution < 1.29 is 4.74 Å². The van der Waals surface area contributed by atoms with Crippen molar-refractivity contribution in [3.05, 3.63) is 40.9 Å². The molecule has 2 rings (SSSR count). The Kier molecular flexibility index (Phi) is 3.20. The molecule has 0 radical (unpaired) electrons. The fourth-order valence-electron chi connectivity index (χ4n) is 1.68. The molecule has 0 unspecified atom stereocenters. The van der Waals surface area contributed by atoms with Crippen molar-refractivity contribution in [1.29, 1.82) is 0 Å². The van der Waals surface area contributed by atoms with E-state index in [0.29, 0.717) is 22.3 Å². The van der Waals surface area contributed by atoms with Crippen molar-refractivity contribution in [3.63, 3.8) is 0 Å². The number of rotatable bonds is 2. The number of pyridine rings is 1. The van der Waals surface area contributed by atoms with Gasteiger partial charge in [0.1, 0.15) is 0 Å². The van der Waals surface area contributed by atoms with E-state index in [-0.39, 0.29) is 0 Å². The highest BCUT2D eigenvalue weighted by atomic mass is 35.5. The number of nitrogen functional groups attached to an aromatic ring is 1. The normalized spacial score (nSPS) is 10.3. The summed E-state index contributed by atoms with van der Waals surface area (Å²) < 4.78 is 5.11. The number of benzene rings is 1. The number of hydrogen-bond donors (Lipinski definition) is 1. The first-order valence-corrected chi connectivity index (χ1v) is 5.57. The predicted octanol–water partition coefficient (Wildman–Crippen LogP) is 3.30. The van der Waals surface area contributed by atoms with Gasteiger partial charge in [-0.2, -0.15) is 0 Å². The van der Waals surface area contributed by atoms with Gasteiger partial charge in [0.15, 0.2) is 0 Å². The molecule has 1 aromatic heterocycles. The molecule has 1 heterocycles. The number of aromatic nitrogens is 1. The Hall–Kier alpha value is -1.74. The van der Waals surface area contributed by atoms with Crippen LogP contribution in [0.3, 0.4) is 0 Å². The van der Waals surface area contributed by atoms with Crippen molar-refractivity contribution in [1.82, 2.24) is 4.98 Å². The van der Waals surface area contributed by atoms with Crippen LogP contribution in [-0.4, -0.2) is 12.1 Å². The summed E-state index contributed by atoms with van der Waals surface area (Å²) in [6.45, 7) is 2.01. The van der Waals surface area contributed by atoms with E-state index in [4.69, 9.17) is 22.1 Å². The third kappa shape index (κ3) is 2.19. The van der Waals surface area contributed by atoms with Gasteiger partial charge in [0.2, 0.25) is 5.88 Å². The van der Waals surface area contributed by atoms with Crippen LogP contribution in [0.15, 0.2) is 30.3 Å². The van der Waals surface area contributed by atoms with Crippen LogP contribution in [0.2, 0.25) is 5.02 Å². The fraction of sp³-hybridized carbons (Fsp3) is 0.154. The van der Waals surface area contributed by atoms with Gasteiger partial charge in [0.05, 0.1) is 23.5 Å². The van der Waals surface area contributed by atoms with Gasteiger partial charge < -0.3 is 10.5 Å². The molecule has 0 saturated heterocycles. The van der Waals surface area contributed by atoms with Gasteiger partial charge in [0, 0.05) is 5.56 Å². The molecular formula is C13H13ClN2O. The van der Waals surface area contributed by atoms with Crippen LogP contribution in [0.4, 0.5) is 5.69 Å². The highest BCUT2D eigenvalue weighted by Crippen LogP contribution is 2.33. The largest absolute Gasteiger partial charge is 0.480 e. The Balaban J connectivity index is 2.64. The molecule has 2 aromatic rings. The Morgan fingerprint density at radius 2 is 2.00 bits per heavy atom. The van der Waals surface area contributed by atoms with Gasteiger partial charge >= 0.3 is 0 Å². The number of nitrogens with zero attached hydrogens (tertiary/aromatic N) is 1. The van der Waals surface area contributed by atoms with E-state index in [9.17, 15) is 0 Å².